The molecule has 134 valence electrons. The number of hydrogen-bond acceptors (Lipinski definition) is 5. The molecular formula is C21H17N3O2S. The Bertz CT molecular complexity index is 1080. The van der Waals surface area contributed by atoms with Gasteiger partial charge in [-0.2, -0.15) is 0 Å². The molecule has 0 radical (unpaired) electrons. The summed E-state index contributed by atoms with van der Waals surface area (Å²) in [6.45, 7) is 0.726. The summed E-state index contributed by atoms with van der Waals surface area (Å²) in [6.07, 6.45) is 1.84. The largest absolute Gasteiger partial charge is 0.366 e. The summed E-state index contributed by atoms with van der Waals surface area (Å²) >= 11 is 1.34. The molecule has 1 amide bonds. The number of thiophene rings is 1. The van der Waals surface area contributed by atoms with Crippen LogP contribution in [0, 0.1) is 0 Å². The molecule has 0 saturated carbocycles. The molecule has 27 heavy (non-hydrogen) atoms. The van der Waals surface area contributed by atoms with Gasteiger partial charge in [0, 0.05) is 23.0 Å². The second kappa shape index (κ2) is 7.57. The van der Waals surface area contributed by atoms with Crippen molar-refractivity contribution in [2.45, 2.75) is 6.54 Å². The summed E-state index contributed by atoms with van der Waals surface area (Å²) in [6, 6.07) is 21.9. The summed E-state index contributed by atoms with van der Waals surface area (Å²) in [5.41, 5.74) is 4.90. The molecule has 5 nitrogen and oxygen atoms in total. The average molecular weight is 375 g/mol. The number of nitrogens with zero attached hydrogens (tertiary/aromatic N) is 1. The Labute approximate surface area is 160 Å². The number of fused-ring (bicyclic) bond motifs is 1. The highest BCUT2D eigenvalue weighted by Gasteiger charge is 2.10. The Morgan fingerprint density at radius 2 is 1.81 bits per heavy atom. The lowest BCUT2D eigenvalue weighted by atomic mass is 10.1. The van der Waals surface area contributed by atoms with Gasteiger partial charge in [-0.15, -0.1) is 11.3 Å². The van der Waals surface area contributed by atoms with Crippen molar-refractivity contribution in [3.63, 3.8) is 0 Å². The van der Waals surface area contributed by atoms with Crippen molar-refractivity contribution in [1.29, 1.82) is 0 Å². The molecule has 0 saturated heterocycles. The standard InChI is InChI=1S/C21H17N3O2S/c25-21(24-26)19-11-17-10-15(6-8-18(17)27-19)16-7-9-20(23-13-16)22-12-14-4-2-1-3-5-14/h1-11,13,26H,12H2,(H,22,23)(H,24,25). The van der Waals surface area contributed by atoms with Gasteiger partial charge in [-0.25, -0.2) is 10.5 Å². The average Bonchev–Trinajstić information content (AvgIpc) is 3.16. The molecule has 4 aromatic rings. The first-order valence-electron chi connectivity index (χ1n) is 8.45. The van der Waals surface area contributed by atoms with Gasteiger partial charge in [0.1, 0.15) is 5.82 Å². The number of pyridine rings is 1. The van der Waals surface area contributed by atoms with Crippen molar-refractivity contribution in [3.8, 4) is 11.1 Å². The molecule has 2 aromatic heterocycles. The zero-order valence-electron chi connectivity index (χ0n) is 14.3. The van der Waals surface area contributed by atoms with Crippen molar-refractivity contribution in [3.05, 3.63) is 83.4 Å². The molecular weight excluding hydrogens is 358 g/mol. The Morgan fingerprint density at radius 3 is 2.56 bits per heavy atom. The fraction of sp³-hybridized carbons (Fsp3) is 0.0476. The van der Waals surface area contributed by atoms with Crippen LogP contribution in [0.4, 0.5) is 5.82 Å². The number of rotatable bonds is 5. The minimum atomic E-state index is -0.492. The van der Waals surface area contributed by atoms with Gasteiger partial charge in [0.15, 0.2) is 0 Å². The molecule has 4 rings (SSSR count). The fourth-order valence-electron chi connectivity index (χ4n) is 2.85. The molecule has 2 heterocycles. The lowest BCUT2D eigenvalue weighted by Crippen LogP contribution is -2.16. The van der Waals surface area contributed by atoms with Crippen LogP contribution >= 0.6 is 11.3 Å². The van der Waals surface area contributed by atoms with E-state index < -0.39 is 5.91 Å². The van der Waals surface area contributed by atoms with Crippen LogP contribution in [-0.2, 0) is 6.54 Å². The zero-order chi connectivity index (χ0) is 18.6. The highest BCUT2D eigenvalue weighted by molar-refractivity contribution is 7.20. The van der Waals surface area contributed by atoms with Gasteiger partial charge in [-0.3, -0.25) is 10.0 Å². The summed E-state index contributed by atoms with van der Waals surface area (Å²) in [5.74, 6) is 0.328. The maximum atomic E-state index is 11.6. The maximum Gasteiger partial charge on any atom is 0.284 e. The molecule has 0 unspecified atom stereocenters. The van der Waals surface area contributed by atoms with E-state index in [2.05, 4.69) is 22.4 Å². The minimum Gasteiger partial charge on any atom is -0.366 e. The third-order valence-electron chi connectivity index (χ3n) is 4.25. The van der Waals surface area contributed by atoms with Gasteiger partial charge in [-0.05, 0) is 46.8 Å². The van der Waals surface area contributed by atoms with Crippen molar-refractivity contribution in [2.24, 2.45) is 0 Å². The summed E-state index contributed by atoms with van der Waals surface area (Å²) in [5, 5.41) is 13.1. The quantitative estimate of drug-likeness (QED) is 0.349. The fourth-order valence-corrected chi connectivity index (χ4v) is 3.78. The van der Waals surface area contributed by atoms with Gasteiger partial charge in [0.25, 0.3) is 5.91 Å². The third-order valence-corrected chi connectivity index (χ3v) is 5.37. The van der Waals surface area contributed by atoms with Crippen LogP contribution in [-0.4, -0.2) is 16.1 Å². The number of aromatic nitrogens is 1. The molecule has 3 N–H and O–H groups in total. The number of benzene rings is 2. The molecule has 0 aliphatic heterocycles. The second-order valence-electron chi connectivity index (χ2n) is 6.08. The van der Waals surface area contributed by atoms with E-state index in [1.54, 1.807) is 11.5 Å². The van der Waals surface area contributed by atoms with Gasteiger partial charge < -0.3 is 5.32 Å². The predicted molar refractivity (Wildman–Crippen MR) is 108 cm³/mol. The summed E-state index contributed by atoms with van der Waals surface area (Å²) < 4.78 is 0.992. The van der Waals surface area contributed by atoms with E-state index in [0.29, 0.717) is 4.88 Å². The van der Waals surface area contributed by atoms with Gasteiger partial charge in [0.2, 0.25) is 0 Å². The van der Waals surface area contributed by atoms with E-state index in [0.717, 1.165) is 33.6 Å². The van der Waals surface area contributed by atoms with E-state index in [1.165, 1.54) is 16.9 Å². The first-order chi connectivity index (χ1) is 13.2. The van der Waals surface area contributed by atoms with Crippen LogP contribution in [0.5, 0.6) is 0 Å². The van der Waals surface area contributed by atoms with E-state index >= 15 is 0 Å². The maximum absolute atomic E-state index is 11.6. The van der Waals surface area contributed by atoms with Gasteiger partial charge in [0.05, 0.1) is 4.88 Å². The van der Waals surface area contributed by atoms with E-state index in [1.807, 2.05) is 54.7 Å². The number of carbonyl (C=O) groups excluding carboxylic acids is 1. The molecule has 0 spiro atoms. The molecule has 0 aliphatic carbocycles. The van der Waals surface area contributed by atoms with Crippen LogP contribution in [0.1, 0.15) is 15.2 Å². The highest BCUT2D eigenvalue weighted by atomic mass is 32.1. The Kier molecular flexibility index (Phi) is 4.82. The highest BCUT2D eigenvalue weighted by Crippen LogP contribution is 2.30. The molecule has 0 fully saturated rings. The lowest BCUT2D eigenvalue weighted by Gasteiger charge is -2.07. The van der Waals surface area contributed by atoms with Crippen molar-refractivity contribution >= 4 is 33.1 Å². The predicted octanol–water partition coefficient (Wildman–Crippen LogP) is 4.69. The Morgan fingerprint density at radius 1 is 1.00 bits per heavy atom. The SMILES string of the molecule is O=C(NO)c1cc2cc(-c3ccc(NCc4ccccc4)nc3)ccc2s1. The monoisotopic (exact) mass is 375 g/mol. The number of amides is 1. The van der Waals surface area contributed by atoms with Crippen LogP contribution in [0.2, 0.25) is 0 Å². The van der Waals surface area contributed by atoms with Crippen molar-refractivity contribution < 1.29 is 10.0 Å². The molecule has 6 heteroatoms. The van der Waals surface area contributed by atoms with Gasteiger partial charge in [-0.1, -0.05) is 36.4 Å². The van der Waals surface area contributed by atoms with E-state index in [4.69, 9.17) is 5.21 Å². The topological polar surface area (TPSA) is 74.2 Å². The number of anilines is 1. The number of hydroxylamine groups is 1. The third kappa shape index (κ3) is 3.81. The van der Waals surface area contributed by atoms with Crippen LogP contribution in [0.3, 0.4) is 0 Å². The molecule has 2 aromatic carbocycles. The van der Waals surface area contributed by atoms with E-state index in [9.17, 15) is 4.79 Å². The first kappa shape index (κ1) is 17.2. The van der Waals surface area contributed by atoms with Crippen molar-refractivity contribution in [1.82, 2.24) is 10.5 Å². The molecule has 0 aliphatic rings. The normalized spacial score (nSPS) is 10.7. The Balaban J connectivity index is 1.52. The number of nitrogens with one attached hydrogen (secondary N) is 2. The summed E-state index contributed by atoms with van der Waals surface area (Å²) in [7, 11) is 0. The molecule has 0 atom stereocenters. The minimum absolute atomic E-state index is 0.475. The zero-order valence-corrected chi connectivity index (χ0v) is 15.2. The Hall–Kier alpha value is -3.22. The number of carbonyl (C=O) groups is 1. The van der Waals surface area contributed by atoms with Crippen LogP contribution < -0.4 is 10.8 Å². The lowest BCUT2D eigenvalue weighted by molar-refractivity contribution is 0.0711. The van der Waals surface area contributed by atoms with Crippen molar-refractivity contribution in [2.75, 3.05) is 5.32 Å². The van der Waals surface area contributed by atoms with Crippen LogP contribution in [0.15, 0.2) is 72.9 Å². The summed E-state index contributed by atoms with van der Waals surface area (Å²) in [4.78, 5) is 16.5. The van der Waals surface area contributed by atoms with Gasteiger partial charge >= 0.3 is 0 Å². The molecule has 0 bridgehead atoms. The van der Waals surface area contributed by atoms with E-state index in [-0.39, 0.29) is 0 Å². The number of hydrogen-bond donors (Lipinski definition) is 3. The second-order valence-corrected chi connectivity index (χ2v) is 7.16. The first-order valence-corrected chi connectivity index (χ1v) is 9.27. The smallest absolute Gasteiger partial charge is 0.284 e. The van der Waals surface area contributed by atoms with Crippen LogP contribution in [0.25, 0.3) is 21.2 Å².